The van der Waals surface area contributed by atoms with Gasteiger partial charge in [-0.15, -0.1) is 0 Å². The number of alkyl halides is 1. The summed E-state index contributed by atoms with van der Waals surface area (Å²) in [7, 11) is 0. The van der Waals surface area contributed by atoms with Crippen molar-refractivity contribution in [1.82, 2.24) is 4.90 Å². The molecule has 0 aromatic heterocycles. The molecule has 0 aromatic rings. The van der Waals surface area contributed by atoms with Gasteiger partial charge in [0.1, 0.15) is 0 Å². The maximum atomic E-state index is 5.31. The first-order chi connectivity index (χ1) is 5.83. The van der Waals surface area contributed by atoms with Gasteiger partial charge in [0.05, 0.1) is 6.61 Å². The van der Waals surface area contributed by atoms with Crippen LogP contribution in [0.25, 0.3) is 0 Å². The SMILES string of the molecule is CCOCCN1CCC(Br)CC1. The van der Waals surface area contributed by atoms with Gasteiger partial charge in [-0.2, -0.15) is 0 Å². The molecule has 0 aliphatic carbocycles. The van der Waals surface area contributed by atoms with E-state index in [4.69, 9.17) is 4.74 Å². The molecule has 1 rings (SSSR count). The number of likely N-dealkylation sites (tertiary alicyclic amines) is 1. The zero-order valence-electron chi connectivity index (χ0n) is 7.76. The number of hydrogen-bond donors (Lipinski definition) is 0. The van der Waals surface area contributed by atoms with Crippen LogP contribution in [0.15, 0.2) is 0 Å². The standard InChI is InChI=1S/C9H18BrNO/c1-2-12-8-7-11-5-3-9(10)4-6-11/h9H,2-8H2,1H3. The summed E-state index contributed by atoms with van der Waals surface area (Å²) in [6.07, 6.45) is 2.57. The highest BCUT2D eigenvalue weighted by atomic mass is 79.9. The molecule has 12 heavy (non-hydrogen) atoms. The van der Waals surface area contributed by atoms with Crippen LogP contribution < -0.4 is 0 Å². The van der Waals surface area contributed by atoms with Crippen molar-refractivity contribution in [3.05, 3.63) is 0 Å². The Balaban J connectivity index is 2.01. The van der Waals surface area contributed by atoms with Gasteiger partial charge in [0, 0.05) is 18.0 Å². The second-order valence-electron chi connectivity index (χ2n) is 3.21. The van der Waals surface area contributed by atoms with Crippen molar-refractivity contribution in [1.29, 1.82) is 0 Å². The third-order valence-corrected chi connectivity index (χ3v) is 3.19. The van der Waals surface area contributed by atoms with Crippen molar-refractivity contribution in [2.75, 3.05) is 32.8 Å². The van der Waals surface area contributed by atoms with Crippen molar-refractivity contribution < 1.29 is 4.74 Å². The van der Waals surface area contributed by atoms with Crippen molar-refractivity contribution >= 4 is 15.9 Å². The lowest BCUT2D eigenvalue weighted by Crippen LogP contribution is -2.36. The van der Waals surface area contributed by atoms with E-state index in [0.717, 1.165) is 24.6 Å². The Hall–Kier alpha value is 0.400. The maximum Gasteiger partial charge on any atom is 0.0593 e. The maximum absolute atomic E-state index is 5.31. The summed E-state index contributed by atoms with van der Waals surface area (Å²) in [4.78, 5) is 3.23. The highest BCUT2D eigenvalue weighted by molar-refractivity contribution is 9.09. The first kappa shape index (κ1) is 10.5. The van der Waals surface area contributed by atoms with E-state index in [2.05, 4.69) is 20.8 Å². The third-order valence-electron chi connectivity index (χ3n) is 2.27. The van der Waals surface area contributed by atoms with E-state index in [0.29, 0.717) is 0 Å². The predicted octanol–water partition coefficient (Wildman–Crippen LogP) is 1.88. The topological polar surface area (TPSA) is 12.5 Å². The fraction of sp³-hybridized carbons (Fsp3) is 1.00. The van der Waals surface area contributed by atoms with E-state index in [1.165, 1.54) is 25.9 Å². The predicted molar refractivity (Wildman–Crippen MR) is 54.9 cm³/mol. The number of nitrogens with zero attached hydrogens (tertiary/aromatic N) is 1. The van der Waals surface area contributed by atoms with Crippen molar-refractivity contribution in [2.24, 2.45) is 0 Å². The summed E-state index contributed by atoms with van der Waals surface area (Å²) in [5, 5.41) is 0. The average Bonchev–Trinajstić information content (AvgIpc) is 2.09. The van der Waals surface area contributed by atoms with Gasteiger partial charge < -0.3 is 9.64 Å². The van der Waals surface area contributed by atoms with Crippen molar-refractivity contribution in [2.45, 2.75) is 24.6 Å². The van der Waals surface area contributed by atoms with Crippen LogP contribution in [0, 0.1) is 0 Å². The summed E-state index contributed by atoms with van der Waals surface area (Å²) in [6, 6.07) is 0. The molecular formula is C9H18BrNO. The Morgan fingerprint density at radius 1 is 1.42 bits per heavy atom. The Labute approximate surface area is 83.4 Å². The van der Waals surface area contributed by atoms with Gasteiger partial charge in [-0.05, 0) is 32.9 Å². The molecule has 3 heteroatoms. The van der Waals surface area contributed by atoms with Gasteiger partial charge in [0.25, 0.3) is 0 Å². The van der Waals surface area contributed by atoms with Gasteiger partial charge in [-0.1, -0.05) is 15.9 Å². The molecule has 1 fully saturated rings. The fourth-order valence-electron chi connectivity index (χ4n) is 1.46. The van der Waals surface area contributed by atoms with Gasteiger partial charge in [-0.25, -0.2) is 0 Å². The highest BCUT2D eigenvalue weighted by Gasteiger charge is 2.15. The van der Waals surface area contributed by atoms with Crippen LogP contribution >= 0.6 is 15.9 Å². The molecule has 0 N–H and O–H groups in total. The van der Waals surface area contributed by atoms with Gasteiger partial charge in [0.15, 0.2) is 0 Å². The first-order valence-corrected chi connectivity index (χ1v) is 5.68. The third kappa shape index (κ3) is 3.87. The number of piperidine rings is 1. The number of hydrogen-bond acceptors (Lipinski definition) is 2. The normalized spacial score (nSPS) is 21.5. The molecule has 0 radical (unpaired) electrons. The molecule has 0 unspecified atom stereocenters. The molecule has 2 nitrogen and oxygen atoms in total. The van der Waals surface area contributed by atoms with E-state index in [1.807, 2.05) is 6.92 Å². The lowest BCUT2D eigenvalue weighted by Gasteiger charge is -2.28. The van der Waals surface area contributed by atoms with Crippen LogP contribution in [-0.2, 0) is 4.74 Å². The van der Waals surface area contributed by atoms with E-state index in [1.54, 1.807) is 0 Å². The Morgan fingerprint density at radius 2 is 2.08 bits per heavy atom. The smallest absolute Gasteiger partial charge is 0.0593 e. The minimum atomic E-state index is 0.751. The summed E-state index contributed by atoms with van der Waals surface area (Å²) < 4.78 is 5.31. The molecule has 1 saturated heterocycles. The number of halogens is 1. The second kappa shape index (κ2) is 5.95. The highest BCUT2D eigenvalue weighted by Crippen LogP contribution is 2.16. The van der Waals surface area contributed by atoms with Crippen LogP contribution in [0.4, 0.5) is 0 Å². The van der Waals surface area contributed by atoms with Crippen LogP contribution in [0.1, 0.15) is 19.8 Å². The summed E-state index contributed by atoms with van der Waals surface area (Å²) in [5.41, 5.74) is 0. The van der Waals surface area contributed by atoms with Crippen LogP contribution in [0.5, 0.6) is 0 Å². The monoisotopic (exact) mass is 235 g/mol. The van der Waals surface area contributed by atoms with Gasteiger partial charge in [-0.3, -0.25) is 0 Å². The van der Waals surface area contributed by atoms with E-state index in [9.17, 15) is 0 Å². The Bertz CT molecular complexity index is 113. The largest absolute Gasteiger partial charge is 0.380 e. The Morgan fingerprint density at radius 3 is 2.67 bits per heavy atom. The quantitative estimate of drug-likeness (QED) is 0.546. The number of ether oxygens (including phenoxy) is 1. The molecule has 0 spiro atoms. The van der Waals surface area contributed by atoms with E-state index in [-0.39, 0.29) is 0 Å². The first-order valence-electron chi connectivity index (χ1n) is 4.77. The zero-order valence-corrected chi connectivity index (χ0v) is 9.35. The summed E-state index contributed by atoms with van der Waals surface area (Å²) in [6.45, 7) is 7.34. The minimum Gasteiger partial charge on any atom is -0.380 e. The molecule has 0 bridgehead atoms. The van der Waals surface area contributed by atoms with E-state index < -0.39 is 0 Å². The zero-order chi connectivity index (χ0) is 8.81. The van der Waals surface area contributed by atoms with Crippen molar-refractivity contribution in [3.8, 4) is 0 Å². The molecule has 1 aliphatic heterocycles. The molecule has 0 aromatic carbocycles. The van der Waals surface area contributed by atoms with E-state index >= 15 is 0 Å². The lowest BCUT2D eigenvalue weighted by atomic mass is 10.1. The minimum absolute atomic E-state index is 0.751. The molecule has 72 valence electrons. The van der Waals surface area contributed by atoms with Crippen LogP contribution in [0.3, 0.4) is 0 Å². The van der Waals surface area contributed by atoms with Gasteiger partial charge >= 0.3 is 0 Å². The van der Waals surface area contributed by atoms with Crippen molar-refractivity contribution in [3.63, 3.8) is 0 Å². The van der Waals surface area contributed by atoms with Crippen LogP contribution in [-0.4, -0.2) is 42.6 Å². The lowest BCUT2D eigenvalue weighted by molar-refractivity contribution is 0.106. The average molecular weight is 236 g/mol. The van der Waals surface area contributed by atoms with Crippen LogP contribution in [0.2, 0.25) is 0 Å². The molecule has 1 heterocycles. The molecule has 1 aliphatic rings. The molecule has 0 amide bonds. The Kier molecular flexibility index (Phi) is 5.19. The molecule has 0 saturated carbocycles. The van der Waals surface area contributed by atoms with Gasteiger partial charge in [0.2, 0.25) is 0 Å². The number of rotatable bonds is 4. The summed E-state index contributed by atoms with van der Waals surface area (Å²) >= 11 is 3.64. The fourth-order valence-corrected chi connectivity index (χ4v) is 1.87. The molecular weight excluding hydrogens is 218 g/mol. The summed E-state index contributed by atoms with van der Waals surface area (Å²) in [5.74, 6) is 0. The second-order valence-corrected chi connectivity index (χ2v) is 4.51. The molecule has 0 atom stereocenters.